The zero-order valence-corrected chi connectivity index (χ0v) is 18.0. The third-order valence-electron chi connectivity index (χ3n) is 7.44. The predicted molar refractivity (Wildman–Crippen MR) is 124 cm³/mol. The Morgan fingerprint density at radius 3 is 1.12 bits per heavy atom. The number of fused-ring (bicyclic) bond motifs is 7. The predicted octanol–water partition coefficient (Wildman–Crippen LogP) is 5.05. The van der Waals surface area contributed by atoms with Crippen molar-refractivity contribution in [2.45, 2.75) is 23.7 Å². The normalized spacial score (nSPS) is 27.4. The van der Waals surface area contributed by atoms with Crippen LogP contribution in [0.2, 0.25) is 0 Å². The van der Waals surface area contributed by atoms with Crippen molar-refractivity contribution in [3.05, 3.63) is 70.8 Å². The molecule has 32 heavy (non-hydrogen) atoms. The van der Waals surface area contributed by atoms with Gasteiger partial charge in [-0.05, 0) is 46.5 Å². The molecule has 6 aliphatic rings. The van der Waals surface area contributed by atoms with Gasteiger partial charge >= 0.3 is 0 Å². The topological polar surface area (TPSA) is 68.3 Å². The van der Waals surface area contributed by atoms with Crippen LogP contribution in [0.5, 0.6) is 0 Å². The minimum absolute atomic E-state index is 0.304. The molecule has 2 aromatic heterocycles. The molecule has 4 bridgehead atoms. The fourth-order valence-corrected chi connectivity index (χ4v) is 8.58. The smallest absolute Gasteiger partial charge is 0.210 e. The van der Waals surface area contributed by atoms with E-state index >= 15 is 0 Å². The molecule has 152 valence electrons. The molecule has 0 aliphatic heterocycles. The number of carbonyl (C=O) groups excluding carboxylic acids is 4. The van der Waals surface area contributed by atoms with Crippen LogP contribution < -0.4 is 0 Å². The van der Waals surface area contributed by atoms with E-state index in [1.807, 2.05) is 24.3 Å². The molecule has 6 aliphatic carbocycles. The molecule has 0 amide bonds. The van der Waals surface area contributed by atoms with Gasteiger partial charge in [-0.2, -0.15) is 0 Å². The molecule has 0 fully saturated rings. The summed E-state index contributed by atoms with van der Waals surface area (Å²) in [6.45, 7) is 0. The molecule has 2 heterocycles. The number of hydrogen-bond acceptors (Lipinski definition) is 6. The van der Waals surface area contributed by atoms with Gasteiger partial charge in [0, 0.05) is 20.2 Å². The maximum atomic E-state index is 12.4. The van der Waals surface area contributed by atoms with Gasteiger partial charge < -0.3 is 0 Å². The number of ketones is 4. The Kier molecular flexibility index (Phi) is 2.92. The SMILES string of the molecule is O=C1C(=O)C2C=CC1c1cc3sc4c5cc6c(cc5sc4c3cc12)C1C=CC6C(=O)C1=O. The van der Waals surface area contributed by atoms with Crippen molar-refractivity contribution >= 4 is 75.4 Å². The summed E-state index contributed by atoms with van der Waals surface area (Å²) in [5.74, 6) is -3.08. The zero-order chi connectivity index (χ0) is 21.5. The molecule has 4 nitrogen and oxygen atoms in total. The molecule has 2 aromatic carbocycles. The van der Waals surface area contributed by atoms with Gasteiger partial charge in [-0.1, -0.05) is 24.3 Å². The lowest BCUT2D eigenvalue weighted by Crippen LogP contribution is -2.35. The summed E-state index contributed by atoms with van der Waals surface area (Å²) in [6, 6.07) is 8.38. The van der Waals surface area contributed by atoms with E-state index in [1.54, 1.807) is 22.7 Å². The largest absolute Gasteiger partial charge is 0.290 e. The zero-order valence-electron chi connectivity index (χ0n) is 16.4. The first kappa shape index (κ1) is 17.3. The van der Waals surface area contributed by atoms with Gasteiger partial charge in [0.2, 0.25) is 23.1 Å². The van der Waals surface area contributed by atoms with Crippen molar-refractivity contribution < 1.29 is 19.2 Å². The number of allylic oxidation sites excluding steroid dienone is 4. The second-order valence-electron chi connectivity index (χ2n) is 8.95. The van der Waals surface area contributed by atoms with Crippen molar-refractivity contribution in [3.8, 4) is 0 Å². The van der Waals surface area contributed by atoms with Crippen molar-refractivity contribution in [2.75, 3.05) is 0 Å². The van der Waals surface area contributed by atoms with Gasteiger partial charge in [0.05, 0.1) is 33.1 Å². The summed E-state index contributed by atoms with van der Waals surface area (Å²) in [4.78, 5) is 49.6. The van der Waals surface area contributed by atoms with Crippen LogP contribution >= 0.6 is 22.7 Å². The highest BCUT2D eigenvalue weighted by Crippen LogP contribution is 2.51. The second-order valence-corrected chi connectivity index (χ2v) is 11.1. The third kappa shape index (κ3) is 1.82. The molecule has 0 spiro atoms. The van der Waals surface area contributed by atoms with Crippen LogP contribution in [0.15, 0.2) is 48.6 Å². The summed E-state index contributed by atoms with van der Waals surface area (Å²) in [5, 5.41) is 2.22. The molecule has 0 N–H and O–H groups in total. The Labute approximate surface area is 188 Å². The molecular weight excluding hydrogens is 440 g/mol. The van der Waals surface area contributed by atoms with Crippen LogP contribution in [0.4, 0.5) is 0 Å². The summed E-state index contributed by atoms with van der Waals surface area (Å²) in [5.41, 5.74) is 3.81. The monoisotopic (exact) mass is 452 g/mol. The van der Waals surface area contributed by atoms with E-state index in [4.69, 9.17) is 0 Å². The number of Topliss-reactive ketones (excluding diaryl/α,β-unsaturated/α-hetero) is 4. The van der Waals surface area contributed by atoms with Gasteiger partial charge in [0.1, 0.15) is 0 Å². The lowest BCUT2D eigenvalue weighted by Gasteiger charge is -2.31. The third-order valence-corrected chi connectivity index (χ3v) is 9.94. The maximum Gasteiger partial charge on any atom is 0.210 e. The molecule has 0 radical (unpaired) electrons. The van der Waals surface area contributed by atoms with Crippen LogP contribution in [0.3, 0.4) is 0 Å². The van der Waals surface area contributed by atoms with Crippen LogP contribution in [0.25, 0.3) is 29.6 Å². The number of hydrogen-bond donors (Lipinski definition) is 0. The first-order valence-electron chi connectivity index (χ1n) is 10.5. The highest BCUT2D eigenvalue weighted by Gasteiger charge is 2.43. The van der Waals surface area contributed by atoms with Crippen molar-refractivity contribution in [2.24, 2.45) is 0 Å². The van der Waals surface area contributed by atoms with Gasteiger partial charge in [0.25, 0.3) is 0 Å². The average molecular weight is 453 g/mol. The lowest BCUT2D eigenvalue weighted by atomic mass is 9.70. The minimum atomic E-state index is -0.470. The molecule has 10 rings (SSSR count). The molecule has 4 atom stereocenters. The van der Waals surface area contributed by atoms with E-state index in [9.17, 15) is 19.2 Å². The van der Waals surface area contributed by atoms with Crippen molar-refractivity contribution in [3.63, 3.8) is 0 Å². The Balaban J connectivity index is 1.41. The maximum absolute atomic E-state index is 12.4. The highest BCUT2D eigenvalue weighted by atomic mass is 32.1. The quantitative estimate of drug-likeness (QED) is 0.277. The van der Waals surface area contributed by atoms with Crippen molar-refractivity contribution in [1.82, 2.24) is 0 Å². The fraction of sp³-hybridized carbons (Fsp3) is 0.154. The number of benzene rings is 2. The molecular formula is C26H12O4S2. The van der Waals surface area contributed by atoms with Crippen molar-refractivity contribution in [1.29, 1.82) is 0 Å². The number of thiophene rings is 2. The van der Waals surface area contributed by atoms with E-state index in [2.05, 4.69) is 24.3 Å². The van der Waals surface area contributed by atoms with Crippen LogP contribution in [0, 0.1) is 0 Å². The van der Waals surface area contributed by atoms with Crippen LogP contribution in [0.1, 0.15) is 45.9 Å². The van der Waals surface area contributed by atoms with Gasteiger partial charge in [0.15, 0.2) is 0 Å². The Hall–Kier alpha value is -3.22. The molecule has 0 saturated carbocycles. The van der Waals surface area contributed by atoms with E-state index in [0.29, 0.717) is 0 Å². The van der Waals surface area contributed by atoms with E-state index in [0.717, 1.165) is 51.8 Å². The average Bonchev–Trinajstić information content (AvgIpc) is 3.32. The molecule has 6 heteroatoms. The highest BCUT2D eigenvalue weighted by molar-refractivity contribution is 7.36. The number of carbonyl (C=O) groups is 4. The van der Waals surface area contributed by atoms with Gasteiger partial charge in [-0.25, -0.2) is 0 Å². The fourth-order valence-electron chi connectivity index (χ4n) is 5.88. The minimum Gasteiger partial charge on any atom is -0.290 e. The summed E-state index contributed by atoms with van der Waals surface area (Å²) >= 11 is 3.38. The summed E-state index contributed by atoms with van der Waals surface area (Å²) in [7, 11) is 0. The van der Waals surface area contributed by atoms with Gasteiger partial charge in [-0.3, -0.25) is 19.2 Å². The van der Waals surface area contributed by atoms with Gasteiger partial charge in [-0.15, -0.1) is 22.7 Å². The Morgan fingerprint density at radius 2 is 0.781 bits per heavy atom. The van der Waals surface area contributed by atoms with E-state index in [-0.39, 0.29) is 23.1 Å². The first-order chi connectivity index (χ1) is 15.5. The summed E-state index contributed by atoms with van der Waals surface area (Å²) < 4.78 is 4.54. The molecule has 4 aromatic rings. The lowest BCUT2D eigenvalue weighted by molar-refractivity contribution is -0.138. The summed E-state index contributed by atoms with van der Waals surface area (Å²) in [6.07, 6.45) is 7.45. The van der Waals surface area contributed by atoms with Crippen LogP contribution in [-0.4, -0.2) is 23.1 Å². The Morgan fingerprint density at radius 1 is 0.469 bits per heavy atom. The van der Waals surface area contributed by atoms with E-state index in [1.165, 1.54) is 0 Å². The number of rotatable bonds is 0. The standard InChI is InChI=1S/C26H12O4S2/c27-21-9-1-3-11(23(21)29)15-7-19-17(5-13(9)15)25-26(31-19)18-6-14-10-2-4-12(24(30)22(10)28)16(14)8-20(18)32-25/h1-12H. The Bertz CT molecular complexity index is 1600. The van der Waals surface area contributed by atoms with E-state index < -0.39 is 23.7 Å². The molecule has 4 unspecified atom stereocenters. The first-order valence-corrected chi connectivity index (χ1v) is 12.1. The molecule has 0 saturated heterocycles. The van der Waals surface area contributed by atoms with Crippen LogP contribution in [-0.2, 0) is 19.2 Å². The second kappa shape index (κ2) is 5.39.